The van der Waals surface area contributed by atoms with Crippen molar-refractivity contribution in [2.45, 2.75) is 19.8 Å². The number of nitrogens with two attached hydrogens (primary N) is 1. The molecule has 0 aromatic heterocycles. The first-order valence-corrected chi connectivity index (χ1v) is 7.64. The SMILES string of the molecule is CCc1cccc(NC(N)=NCCc2cccc(OC)c2O)c1. The molecular weight excluding hydrogens is 290 g/mol. The van der Waals surface area contributed by atoms with Crippen molar-refractivity contribution >= 4 is 11.6 Å². The number of hydrogen-bond acceptors (Lipinski definition) is 3. The number of anilines is 1. The Bertz CT molecular complexity index is 684. The normalized spacial score (nSPS) is 11.3. The number of para-hydroxylation sites is 1. The van der Waals surface area contributed by atoms with Gasteiger partial charge in [0.2, 0.25) is 0 Å². The molecule has 2 aromatic rings. The summed E-state index contributed by atoms with van der Waals surface area (Å²) >= 11 is 0. The standard InChI is InChI=1S/C18H23N3O2/c1-3-13-6-4-8-15(12-13)21-18(19)20-11-10-14-7-5-9-16(23-2)17(14)22/h4-9,12,22H,3,10-11H2,1-2H3,(H3,19,20,21). The van der Waals surface area contributed by atoms with Gasteiger partial charge >= 0.3 is 0 Å². The molecule has 0 bridgehead atoms. The largest absolute Gasteiger partial charge is 0.504 e. The summed E-state index contributed by atoms with van der Waals surface area (Å²) in [6.45, 7) is 2.59. The maximum atomic E-state index is 10.0. The number of aryl methyl sites for hydroxylation is 1. The number of aliphatic imine (C=N–C) groups is 1. The average Bonchev–Trinajstić information content (AvgIpc) is 2.56. The molecule has 0 aliphatic carbocycles. The van der Waals surface area contributed by atoms with Gasteiger partial charge in [0.1, 0.15) is 0 Å². The van der Waals surface area contributed by atoms with Crippen molar-refractivity contribution in [1.82, 2.24) is 0 Å². The van der Waals surface area contributed by atoms with Crippen LogP contribution >= 0.6 is 0 Å². The van der Waals surface area contributed by atoms with Gasteiger partial charge in [-0.2, -0.15) is 0 Å². The molecule has 5 heteroatoms. The van der Waals surface area contributed by atoms with E-state index in [0.717, 1.165) is 17.7 Å². The lowest BCUT2D eigenvalue weighted by molar-refractivity contribution is 0.370. The Kier molecular flexibility index (Phi) is 5.86. The van der Waals surface area contributed by atoms with E-state index in [4.69, 9.17) is 10.5 Å². The minimum Gasteiger partial charge on any atom is -0.504 e. The highest BCUT2D eigenvalue weighted by atomic mass is 16.5. The molecule has 4 N–H and O–H groups in total. The van der Waals surface area contributed by atoms with Crippen LogP contribution in [0.25, 0.3) is 0 Å². The summed E-state index contributed by atoms with van der Waals surface area (Å²) in [5, 5.41) is 13.1. The zero-order valence-corrected chi connectivity index (χ0v) is 13.5. The maximum Gasteiger partial charge on any atom is 0.193 e. The highest BCUT2D eigenvalue weighted by Crippen LogP contribution is 2.29. The molecule has 122 valence electrons. The van der Waals surface area contributed by atoms with Crippen molar-refractivity contribution in [2.24, 2.45) is 10.7 Å². The van der Waals surface area contributed by atoms with E-state index < -0.39 is 0 Å². The van der Waals surface area contributed by atoms with E-state index in [1.165, 1.54) is 12.7 Å². The van der Waals surface area contributed by atoms with Gasteiger partial charge in [-0.25, -0.2) is 0 Å². The lowest BCUT2D eigenvalue weighted by Gasteiger charge is -2.09. The predicted octanol–water partition coefficient (Wildman–Crippen LogP) is 2.93. The van der Waals surface area contributed by atoms with Gasteiger partial charge in [0.25, 0.3) is 0 Å². The van der Waals surface area contributed by atoms with Crippen LogP contribution in [0.5, 0.6) is 11.5 Å². The summed E-state index contributed by atoms with van der Waals surface area (Å²) in [5.41, 5.74) is 8.86. The van der Waals surface area contributed by atoms with Crippen LogP contribution in [0, 0.1) is 0 Å². The second-order valence-corrected chi connectivity index (χ2v) is 5.16. The molecule has 0 saturated carbocycles. The van der Waals surface area contributed by atoms with Crippen LogP contribution < -0.4 is 15.8 Å². The maximum absolute atomic E-state index is 10.0. The number of ether oxygens (including phenoxy) is 1. The van der Waals surface area contributed by atoms with Crippen LogP contribution in [0.1, 0.15) is 18.1 Å². The number of nitrogens with zero attached hydrogens (tertiary/aromatic N) is 1. The molecule has 2 rings (SSSR count). The van der Waals surface area contributed by atoms with Gasteiger partial charge in [-0.3, -0.25) is 4.99 Å². The van der Waals surface area contributed by atoms with Crippen molar-refractivity contribution in [1.29, 1.82) is 0 Å². The Morgan fingerprint density at radius 3 is 2.78 bits per heavy atom. The number of methoxy groups -OCH3 is 1. The molecule has 5 nitrogen and oxygen atoms in total. The Hall–Kier alpha value is -2.69. The number of phenols is 1. The zero-order valence-electron chi connectivity index (χ0n) is 13.5. The molecule has 0 aliphatic rings. The fraction of sp³-hybridized carbons (Fsp3) is 0.278. The smallest absolute Gasteiger partial charge is 0.193 e. The third-order valence-electron chi connectivity index (χ3n) is 3.57. The Morgan fingerprint density at radius 2 is 2.04 bits per heavy atom. The van der Waals surface area contributed by atoms with Crippen molar-refractivity contribution in [3.8, 4) is 11.5 Å². The molecule has 0 spiro atoms. The van der Waals surface area contributed by atoms with Crippen molar-refractivity contribution < 1.29 is 9.84 Å². The lowest BCUT2D eigenvalue weighted by Crippen LogP contribution is -2.23. The van der Waals surface area contributed by atoms with Crippen LogP contribution in [-0.2, 0) is 12.8 Å². The molecule has 0 amide bonds. The third-order valence-corrected chi connectivity index (χ3v) is 3.57. The number of benzene rings is 2. The molecule has 0 unspecified atom stereocenters. The quantitative estimate of drug-likeness (QED) is 0.566. The number of nitrogens with one attached hydrogen (secondary N) is 1. The lowest BCUT2D eigenvalue weighted by atomic mass is 10.1. The average molecular weight is 313 g/mol. The molecule has 0 heterocycles. The summed E-state index contributed by atoms with van der Waals surface area (Å²) in [6, 6.07) is 13.5. The molecule has 0 fully saturated rings. The Morgan fingerprint density at radius 1 is 1.26 bits per heavy atom. The van der Waals surface area contributed by atoms with Gasteiger partial charge < -0.3 is 20.9 Å². The van der Waals surface area contributed by atoms with E-state index in [9.17, 15) is 5.11 Å². The second kappa shape index (κ2) is 8.08. The van der Waals surface area contributed by atoms with Crippen LogP contribution in [0.15, 0.2) is 47.5 Å². The first kappa shape index (κ1) is 16.7. The number of guanidine groups is 1. The number of aromatic hydroxyl groups is 1. The zero-order chi connectivity index (χ0) is 16.7. The first-order valence-electron chi connectivity index (χ1n) is 7.64. The van der Waals surface area contributed by atoms with E-state index in [1.54, 1.807) is 6.07 Å². The molecular formula is C18H23N3O2. The number of phenolic OH excluding ortho intramolecular Hbond substituents is 1. The summed E-state index contributed by atoms with van der Waals surface area (Å²) in [5.74, 6) is 0.988. The summed E-state index contributed by atoms with van der Waals surface area (Å²) in [7, 11) is 1.53. The second-order valence-electron chi connectivity index (χ2n) is 5.16. The topological polar surface area (TPSA) is 79.9 Å². The number of rotatable bonds is 6. The van der Waals surface area contributed by atoms with Crippen LogP contribution in [0.2, 0.25) is 0 Å². The van der Waals surface area contributed by atoms with Crippen LogP contribution in [0.4, 0.5) is 5.69 Å². The summed E-state index contributed by atoms with van der Waals surface area (Å²) < 4.78 is 5.09. The number of hydrogen-bond donors (Lipinski definition) is 3. The summed E-state index contributed by atoms with van der Waals surface area (Å²) in [4.78, 5) is 4.30. The molecule has 0 radical (unpaired) electrons. The fourth-order valence-corrected chi connectivity index (χ4v) is 2.29. The molecule has 0 aliphatic heterocycles. The molecule has 23 heavy (non-hydrogen) atoms. The highest BCUT2D eigenvalue weighted by Gasteiger charge is 2.06. The van der Waals surface area contributed by atoms with E-state index >= 15 is 0 Å². The monoisotopic (exact) mass is 313 g/mol. The van der Waals surface area contributed by atoms with E-state index in [2.05, 4.69) is 29.4 Å². The van der Waals surface area contributed by atoms with Crippen molar-refractivity contribution in [3.63, 3.8) is 0 Å². The predicted molar refractivity (Wildman–Crippen MR) is 94.3 cm³/mol. The highest BCUT2D eigenvalue weighted by molar-refractivity contribution is 5.92. The van der Waals surface area contributed by atoms with Crippen molar-refractivity contribution in [2.75, 3.05) is 19.0 Å². The third kappa shape index (κ3) is 4.64. The minimum absolute atomic E-state index is 0.160. The van der Waals surface area contributed by atoms with E-state index in [0.29, 0.717) is 24.7 Å². The van der Waals surface area contributed by atoms with E-state index in [-0.39, 0.29) is 5.75 Å². The van der Waals surface area contributed by atoms with Crippen molar-refractivity contribution in [3.05, 3.63) is 53.6 Å². The van der Waals surface area contributed by atoms with Crippen LogP contribution in [-0.4, -0.2) is 24.7 Å². The van der Waals surface area contributed by atoms with Gasteiger partial charge in [0.15, 0.2) is 17.5 Å². The first-order chi connectivity index (χ1) is 11.1. The van der Waals surface area contributed by atoms with Crippen LogP contribution in [0.3, 0.4) is 0 Å². The molecule has 0 saturated heterocycles. The van der Waals surface area contributed by atoms with Gasteiger partial charge in [0.05, 0.1) is 7.11 Å². The van der Waals surface area contributed by atoms with Gasteiger partial charge in [-0.15, -0.1) is 0 Å². The minimum atomic E-state index is 0.160. The fourth-order valence-electron chi connectivity index (χ4n) is 2.29. The van der Waals surface area contributed by atoms with Gasteiger partial charge in [-0.05, 0) is 42.2 Å². The molecule has 2 aromatic carbocycles. The van der Waals surface area contributed by atoms with Gasteiger partial charge in [0, 0.05) is 12.2 Å². The Labute approximate surface area is 136 Å². The summed E-state index contributed by atoms with van der Waals surface area (Å²) in [6.07, 6.45) is 1.56. The van der Waals surface area contributed by atoms with E-state index in [1.807, 2.05) is 24.3 Å². The molecule has 0 atom stereocenters. The van der Waals surface area contributed by atoms with Gasteiger partial charge in [-0.1, -0.05) is 31.2 Å². The Balaban J connectivity index is 1.95.